The Morgan fingerprint density at radius 2 is 2.00 bits per heavy atom. The molecule has 1 heteroatoms. The van der Waals surface area contributed by atoms with Crippen molar-refractivity contribution in [3.8, 4) is 0 Å². The Morgan fingerprint density at radius 3 is 2.64 bits per heavy atom. The summed E-state index contributed by atoms with van der Waals surface area (Å²) in [5.41, 5.74) is 1.49. The second kappa shape index (κ2) is 3.47. The van der Waals surface area contributed by atoms with E-state index >= 15 is 0 Å². The predicted molar refractivity (Wildman–Crippen MR) is 62.6 cm³/mol. The number of hydrogen-bond donors (Lipinski definition) is 0. The molecule has 1 aliphatic heterocycles. The fraction of sp³-hybridized carbons (Fsp3) is 0.385. The average Bonchev–Trinajstić information content (AvgIpc) is 2.81. The van der Waals surface area contributed by atoms with Gasteiger partial charge in [-0.25, -0.2) is 0 Å². The Hall–Kier alpha value is -0.690. The van der Waals surface area contributed by atoms with Crippen molar-refractivity contribution in [1.29, 1.82) is 0 Å². The summed E-state index contributed by atoms with van der Waals surface area (Å²) in [5, 5.41) is 1.67. The van der Waals surface area contributed by atoms with E-state index in [4.69, 9.17) is 0 Å². The molecule has 0 saturated carbocycles. The first-order chi connectivity index (χ1) is 6.92. The Kier molecular flexibility index (Phi) is 2.13. The van der Waals surface area contributed by atoms with Gasteiger partial charge in [0.15, 0.2) is 0 Å². The molecule has 14 heavy (non-hydrogen) atoms. The molecule has 3 atom stereocenters. The van der Waals surface area contributed by atoms with E-state index in [1.807, 2.05) is 0 Å². The van der Waals surface area contributed by atoms with E-state index in [-0.39, 0.29) is 0 Å². The van der Waals surface area contributed by atoms with Crippen molar-refractivity contribution in [1.82, 2.24) is 0 Å². The van der Waals surface area contributed by atoms with Crippen LogP contribution in [0.4, 0.5) is 0 Å². The number of thioether (sulfide) groups is 1. The van der Waals surface area contributed by atoms with Crippen molar-refractivity contribution in [3.63, 3.8) is 0 Å². The van der Waals surface area contributed by atoms with Crippen LogP contribution >= 0.6 is 11.8 Å². The third-order valence-electron chi connectivity index (χ3n) is 3.18. The van der Waals surface area contributed by atoms with Crippen molar-refractivity contribution in [2.75, 3.05) is 0 Å². The summed E-state index contributed by atoms with van der Waals surface area (Å²) in [6, 6.07) is 10.9. The lowest BCUT2D eigenvalue weighted by Gasteiger charge is -2.17. The fourth-order valence-corrected chi connectivity index (χ4v) is 4.10. The lowest BCUT2D eigenvalue weighted by molar-refractivity contribution is 0.631. The standard InChI is InChI=1S/C13H14S/c1-2-4-10(5-3-1)8-13-11-6-7-12(9-11)14-13/h1-7,11-13H,8-9H2. The van der Waals surface area contributed by atoms with Crippen LogP contribution in [0.25, 0.3) is 0 Å². The first-order valence-electron chi connectivity index (χ1n) is 5.29. The third-order valence-corrected chi connectivity index (χ3v) is 4.75. The predicted octanol–water partition coefficient (Wildman–Crippen LogP) is 3.29. The molecule has 1 heterocycles. The number of hydrogen-bond acceptors (Lipinski definition) is 1. The van der Waals surface area contributed by atoms with Crippen LogP contribution in [0.15, 0.2) is 42.5 Å². The summed E-state index contributed by atoms with van der Waals surface area (Å²) in [4.78, 5) is 0. The van der Waals surface area contributed by atoms with Crippen LogP contribution in [-0.4, -0.2) is 10.5 Å². The molecule has 0 amide bonds. The molecule has 1 aromatic rings. The quantitative estimate of drug-likeness (QED) is 0.663. The molecule has 3 unspecified atom stereocenters. The first kappa shape index (κ1) is 8.60. The fourth-order valence-electron chi connectivity index (χ4n) is 2.44. The highest BCUT2D eigenvalue weighted by molar-refractivity contribution is 8.01. The maximum absolute atomic E-state index is 2.43. The maximum atomic E-state index is 2.43. The lowest BCUT2D eigenvalue weighted by Crippen LogP contribution is -2.12. The number of benzene rings is 1. The van der Waals surface area contributed by atoms with Crippen molar-refractivity contribution < 1.29 is 0 Å². The van der Waals surface area contributed by atoms with Crippen LogP contribution in [0.5, 0.6) is 0 Å². The smallest absolute Gasteiger partial charge is 0.0236 e. The molecule has 0 spiro atoms. The van der Waals surface area contributed by atoms with Gasteiger partial charge < -0.3 is 0 Å². The molecular weight excluding hydrogens is 188 g/mol. The van der Waals surface area contributed by atoms with Crippen LogP contribution in [0.2, 0.25) is 0 Å². The van der Waals surface area contributed by atoms with E-state index in [1.54, 1.807) is 0 Å². The zero-order valence-corrected chi connectivity index (χ0v) is 8.91. The van der Waals surface area contributed by atoms with Crippen LogP contribution < -0.4 is 0 Å². The molecule has 0 N–H and O–H groups in total. The highest BCUT2D eigenvalue weighted by Gasteiger charge is 2.35. The molecule has 1 fully saturated rings. The van der Waals surface area contributed by atoms with Crippen LogP contribution in [0.3, 0.4) is 0 Å². The zero-order chi connectivity index (χ0) is 9.38. The SMILES string of the molecule is C1=CC2CC1SC2Cc1ccccc1. The summed E-state index contributed by atoms with van der Waals surface area (Å²) in [6.45, 7) is 0. The summed E-state index contributed by atoms with van der Waals surface area (Å²) in [5.74, 6) is 0.852. The van der Waals surface area contributed by atoms with Crippen molar-refractivity contribution in [2.45, 2.75) is 23.3 Å². The van der Waals surface area contributed by atoms with Crippen molar-refractivity contribution in [2.24, 2.45) is 5.92 Å². The summed E-state index contributed by atoms with van der Waals surface area (Å²) in [6.07, 6.45) is 7.45. The van der Waals surface area contributed by atoms with Crippen molar-refractivity contribution in [3.05, 3.63) is 48.0 Å². The molecule has 72 valence electrons. The Morgan fingerprint density at radius 1 is 1.14 bits per heavy atom. The molecule has 1 aromatic carbocycles. The van der Waals surface area contributed by atoms with Crippen LogP contribution in [0.1, 0.15) is 12.0 Å². The highest BCUT2D eigenvalue weighted by atomic mass is 32.2. The van der Waals surface area contributed by atoms with Crippen molar-refractivity contribution >= 4 is 11.8 Å². The van der Waals surface area contributed by atoms with E-state index in [9.17, 15) is 0 Å². The maximum Gasteiger partial charge on any atom is 0.0236 e. The minimum absolute atomic E-state index is 0.828. The Balaban J connectivity index is 1.72. The van der Waals surface area contributed by atoms with E-state index in [2.05, 4.69) is 54.2 Å². The molecule has 2 aliphatic rings. The Bertz CT molecular complexity index is 342. The first-order valence-corrected chi connectivity index (χ1v) is 6.24. The molecule has 1 saturated heterocycles. The van der Waals surface area contributed by atoms with Crippen LogP contribution in [0, 0.1) is 5.92 Å². The highest BCUT2D eigenvalue weighted by Crippen LogP contribution is 2.45. The number of fused-ring (bicyclic) bond motifs is 2. The van der Waals surface area contributed by atoms with E-state index in [0.29, 0.717) is 0 Å². The largest absolute Gasteiger partial charge is 0.150 e. The summed E-state index contributed by atoms with van der Waals surface area (Å²) >= 11 is 2.17. The third kappa shape index (κ3) is 1.50. The van der Waals surface area contributed by atoms with E-state index in [0.717, 1.165) is 16.4 Å². The normalized spacial score (nSPS) is 33.9. The van der Waals surface area contributed by atoms with Gasteiger partial charge in [-0.15, -0.1) is 0 Å². The molecule has 2 bridgehead atoms. The lowest BCUT2D eigenvalue weighted by atomic mass is 9.99. The zero-order valence-electron chi connectivity index (χ0n) is 8.10. The number of allylic oxidation sites excluding steroid dienone is 1. The number of rotatable bonds is 2. The summed E-state index contributed by atoms with van der Waals surface area (Å²) < 4.78 is 0. The van der Waals surface area contributed by atoms with Gasteiger partial charge in [0.1, 0.15) is 0 Å². The van der Waals surface area contributed by atoms with Gasteiger partial charge in [-0.3, -0.25) is 0 Å². The van der Waals surface area contributed by atoms with E-state index < -0.39 is 0 Å². The van der Waals surface area contributed by atoms with Gasteiger partial charge in [0, 0.05) is 10.5 Å². The molecular formula is C13H14S. The molecule has 0 radical (unpaired) electrons. The molecule has 3 rings (SSSR count). The average molecular weight is 202 g/mol. The van der Waals surface area contributed by atoms with Crippen LogP contribution in [-0.2, 0) is 6.42 Å². The van der Waals surface area contributed by atoms with Gasteiger partial charge in [-0.1, -0.05) is 42.5 Å². The topological polar surface area (TPSA) is 0 Å². The van der Waals surface area contributed by atoms with Gasteiger partial charge in [-0.05, 0) is 24.3 Å². The van der Waals surface area contributed by atoms with Gasteiger partial charge in [0.2, 0.25) is 0 Å². The monoisotopic (exact) mass is 202 g/mol. The van der Waals surface area contributed by atoms with Gasteiger partial charge in [-0.2, -0.15) is 11.8 Å². The second-order valence-corrected chi connectivity index (χ2v) is 5.67. The minimum Gasteiger partial charge on any atom is -0.150 e. The van der Waals surface area contributed by atoms with Gasteiger partial charge in [0.05, 0.1) is 0 Å². The molecule has 1 aliphatic carbocycles. The van der Waals surface area contributed by atoms with Gasteiger partial charge in [0.25, 0.3) is 0 Å². The molecule has 0 nitrogen and oxygen atoms in total. The van der Waals surface area contributed by atoms with Gasteiger partial charge >= 0.3 is 0 Å². The Labute approximate surface area is 89.4 Å². The molecule has 0 aromatic heterocycles. The second-order valence-electron chi connectivity index (χ2n) is 4.19. The summed E-state index contributed by atoms with van der Waals surface area (Å²) in [7, 11) is 0. The van der Waals surface area contributed by atoms with E-state index in [1.165, 1.54) is 18.4 Å². The minimum atomic E-state index is 0.828.